The number of aromatic nitrogens is 2. The first-order chi connectivity index (χ1) is 12.5. The summed E-state index contributed by atoms with van der Waals surface area (Å²) in [5.74, 6) is -2.44. The second kappa shape index (κ2) is 7.65. The maximum Gasteiger partial charge on any atom is 0.325 e. The number of carbonyl (C=O) groups is 1. The van der Waals surface area contributed by atoms with Crippen LogP contribution in [-0.2, 0) is 21.8 Å². The largest absolute Gasteiger partial charge is 0.468 e. The van der Waals surface area contributed by atoms with Crippen LogP contribution in [0.3, 0.4) is 0 Å². The minimum absolute atomic E-state index is 0.0511. The normalized spacial score (nSPS) is 10.9. The predicted molar refractivity (Wildman–Crippen MR) is 93.9 cm³/mol. The Morgan fingerprint density at radius 3 is 2.73 bits per heavy atom. The number of ether oxygens (including phenoxy) is 1. The molecule has 0 radical (unpaired) electrons. The van der Waals surface area contributed by atoms with Gasteiger partial charge in [0.05, 0.1) is 18.0 Å². The zero-order chi connectivity index (χ0) is 18.7. The smallest absolute Gasteiger partial charge is 0.325 e. The first kappa shape index (κ1) is 18.1. The van der Waals surface area contributed by atoms with Crippen molar-refractivity contribution >= 4 is 28.6 Å². The van der Waals surface area contributed by atoms with Crippen LogP contribution >= 0.6 is 11.8 Å². The minimum Gasteiger partial charge on any atom is -0.468 e. The predicted octanol–water partition coefficient (Wildman–Crippen LogP) is 3.14. The number of nitrogens with zero attached hydrogens (tertiary/aromatic N) is 2. The lowest BCUT2D eigenvalue weighted by molar-refractivity contribution is -0.141. The highest BCUT2D eigenvalue weighted by molar-refractivity contribution is 7.98. The molecule has 0 atom stereocenters. The Kier molecular flexibility index (Phi) is 5.32. The molecule has 3 aromatic rings. The van der Waals surface area contributed by atoms with Gasteiger partial charge in [-0.1, -0.05) is 36.0 Å². The van der Waals surface area contributed by atoms with Crippen molar-refractivity contribution in [1.82, 2.24) is 9.55 Å². The lowest BCUT2D eigenvalue weighted by Crippen LogP contribution is -2.27. The van der Waals surface area contributed by atoms with Gasteiger partial charge in [-0.25, -0.2) is 13.8 Å². The Balaban J connectivity index is 2.02. The summed E-state index contributed by atoms with van der Waals surface area (Å²) in [7, 11) is 1.22. The van der Waals surface area contributed by atoms with E-state index in [1.165, 1.54) is 23.8 Å². The highest BCUT2D eigenvalue weighted by Crippen LogP contribution is 2.24. The van der Waals surface area contributed by atoms with Gasteiger partial charge in [0.25, 0.3) is 5.56 Å². The standard InChI is InChI=1S/C18H14F2N2O3S/c1-25-15(23)9-22-17(24)12-6-2-3-8-14(12)21-18(22)26-10-11-5-4-7-13(19)16(11)20/h2-8H,9-10H2,1H3. The lowest BCUT2D eigenvalue weighted by Gasteiger charge is -2.12. The molecule has 1 heterocycles. The number of benzene rings is 2. The summed E-state index contributed by atoms with van der Waals surface area (Å²) < 4.78 is 33.0. The maximum absolute atomic E-state index is 13.9. The van der Waals surface area contributed by atoms with Crippen LogP contribution in [0, 0.1) is 11.6 Å². The molecule has 3 rings (SSSR count). The van der Waals surface area contributed by atoms with Crippen LogP contribution in [0.2, 0.25) is 0 Å². The molecule has 8 heteroatoms. The zero-order valence-electron chi connectivity index (χ0n) is 13.7. The van der Waals surface area contributed by atoms with E-state index in [9.17, 15) is 18.4 Å². The maximum atomic E-state index is 13.9. The molecule has 0 saturated carbocycles. The fourth-order valence-electron chi connectivity index (χ4n) is 2.39. The zero-order valence-corrected chi connectivity index (χ0v) is 14.6. The van der Waals surface area contributed by atoms with Crippen LogP contribution < -0.4 is 5.56 Å². The van der Waals surface area contributed by atoms with Crippen molar-refractivity contribution in [2.24, 2.45) is 0 Å². The summed E-state index contributed by atoms with van der Waals surface area (Å²) in [6.45, 7) is -0.318. The third kappa shape index (κ3) is 3.60. The summed E-state index contributed by atoms with van der Waals surface area (Å²) >= 11 is 1.04. The van der Waals surface area contributed by atoms with Gasteiger partial charge in [0.1, 0.15) is 6.54 Å². The van der Waals surface area contributed by atoms with Crippen LogP contribution in [0.5, 0.6) is 0 Å². The van der Waals surface area contributed by atoms with Gasteiger partial charge in [-0.15, -0.1) is 0 Å². The molecule has 0 aliphatic rings. The molecule has 2 aromatic carbocycles. The van der Waals surface area contributed by atoms with Crippen LogP contribution in [0.1, 0.15) is 5.56 Å². The second-order valence-electron chi connectivity index (χ2n) is 5.38. The molecule has 1 aromatic heterocycles. The first-order valence-electron chi connectivity index (χ1n) is 7.63. The number of hydrogen-bond donors (Lipinski definition) is 0. The summed E-state index contributed by atoms with van der Waals surface area (Å²) in [5, 5.41) is 0.584. The van der Waals surface area contributed by atoms with E-state index in [2.05, 4.69) is 9.72 Å². The molecule has 0 N–H and O–H groups in total. The summed E-state index contributed by atoms with van der Waals surface area (Å²) in [6.07, 6.45) is 0. The van der Waals surface area contributed by atoms with Crippen LogP contribution in [0.15, 0.2) is 52.4 Å². The Labute approximate surface area is 151 Å². The topological polar surface area (TPSA) is 61.2 Å². The van der Waals surface area contributed by atoms with Crippen molar-refractivity contribution in [3.05, 3.63) is 70.0 Å². The van der Waals surface area contributed by atoms with E-state index in [0.717, 1.165) is 17.8 Å². The Morgan fingerprint density at radius 2 is 1.96 bits per heavy atom. The first-order valence-corrected chi connectivity index (χ1v) is 8.62. The molecule has 0 amide bonds. The van der Waals surface area contributed by atoms with Gasteiger partial charge >= 0.3 is 5.97 Å². The van der Waals surface area contributed by atoms with Gasteiger partial charge in [0, 0.05) is 11.3 Å². The van der Waals surface area contributed by atoms with E-state index >= 15 is 0 Å². The van der Waals surface area contributed by atoms with Crippen LogP contribution in [0.4, 0.5) is 8.78 Å². The van der Waals surface area contributed by atoms with Gasteiger partial charge in [-0.2, -0.15) is 0 Å². The number of para-hydroxylation sites is 1. The number of methoxy groups -OCH3 is 1. The van der Waals surface area contributed by atoms with Crippen LogP contribution in [-0.4, -0.2) is 22.6 Å². The molecule has 5 nitrogen and oxygen atoms in total. The minimum atomic E-state index is -0.943. The van der Waals surface area contributed by atoms with Crippen molar-refractivity contribution in [3.8, 4) is 0 Å². The molecule has 0 fully saturated rings. The third-order valence-electron chi connectivity index (χ3n) is 3.73. The Hall–Kier alpha value is -2.74. The molecule has 0 saturated heterocycles. The molecule has 0 unspecified atom stereocenters. The Morgan fingerprint density at radius 1 is 1.19 bits per heavy atom. The van der Waals surface area contributed by atoms with E-state index in [1.54, 1.807) is 24.3 Å². The number of carbonyl (C=O) groups excluding carboxylic acids is 1. The molecule has 0 spiro atoms. The summed E-state index contributed by atoms with van der Waals surface area (Å²) in [5.41, 5.74) is 0.200. The third-order valence-corrected chi connectivity index (χ3v) is 4.76. The van der Waals surface area contributed by atoms with Crippen molar-refractivity contribution in [1.29, 1.82) is 0 Å². The Bertz CT molecular complexity index is 1040. The van der Waals surface area contributed by atoms with Gasteiger partial charge in [0.15, 0.2) is 16.8 Å². The molecular formula is C18H14F2N2O3S. The summed E-state index contributed by atoms with van der Waals surface area (Å²) in [4.78, 5) is 28.8. The van der Waals surface area contributed by atoms with Crippen molar-refractivity contribution in [2.45, 2.75) is 17.5 Å². The summed E-state index contributed by atoms with van der Waals surface area (Å²) in [6, 6.07) is 10.6. The number of halogens is 2. The number of thioether (sulfide) groups is 1. The molecular weight excluding hydrogens is 362 g/mol. The van der Waals surface area contributed by atoms with Crippen molar-refractivity contribution in [3.63, 3.8) is 0 Å². The molecule has 0 bridgehead atoms. The fraction of sp³-hybridized carbons (Fsp3) is 0.167. The van der Waals surface area contributed by atoms with Gasteiger partial charge < -0.3 is 4.74 Å². The van der Waals surface area contributed by atoms with Crippen LogP contribution in [0.25, 0.3) is 10.9 Å². The van der Waals surface area contributed by atoms with E-state index < -0.39 is 23.2 Å². The molecule has 134 valence electrons. The fourth-order valence-corrected chi connectivity index (χ4v) is 3.37. The average Bonchev–Trinajstić information content (AvgIpc) is 2.65. The molecule has 0 aliphatic heterocycles. The monoisotopic (exact) mass is 376 g/mol. The van der Waals surface area contributed by atoms with Gasteiger partial charge in [0.2, 0.25) is 0 Å². The van der Waals surface area contributed by atoms with Gasteiger partial charge in [-0.3, -0.25) is 14.2 Å². The van der Waals surface area contributed by atoms with E-state index in [-0.39, 0.29) is 23.0 Å². The number of fused-ring (bicyclic) bond motifs is 1. The SMILES string of the molecule is COC(=O)Cn1c(SCc2cccc(F)c2F)nc2ccccc2c1=O. The van der Waals surface area contributed by atoms with Crippen molar-refractivity contribution < 1.29 is 18.3 Å². The van der Waals surface area contributed by atoms with E-state index in [0.29, 0.717) is 10.9 Å². The number of rotatable bonds is 5. The highest BCUT2D eigenvalue weighted by Gasteiger charge is 2.16. The number of hydrogen-bond acceptors (Lipinski definition) is 5. The second-order valence-corrected chi connectivity index (χ2v) is 6.32. The number of esters is 1. The lowest BCUT2D eigenvalue weighted by atomic mass is 10.2. The van der Waals surface area contributed by atoms with E-state index in [1.807, 2.05) is 0 Å². The highest BCUT2D eigenvalue weighted by atomic mass is 32.2. The van der Waals surface area contributed by atoms with E-state index in [4.69, 9.17) is 0 Å². The quantitative estimate of drug-likeness (QED) is 0.389. The molecule has 26 heavy (non-hydrogen) atoms. The molecule has 0 aliphatic carbocycles. The average molecular weight is 376 g/mol. The van der Waals surface area contributed by atoms with Crippen molar-refractivity contribution in [2.75, 3.05) is 7.11 Å². The van der Waals surface area contributed by atoms with Gasteiger partial charge in [-0.05, 0) is 18.2 Å².